The number of nitrogens with two attached hydrogens (primary N) is 1. The molecular weight excluding hydrogens is 282 g/mol. The number of thiophene rings is 1. The highest BCUT2D eigenvalue weighted by molar-refractivity contribution is 7.12. The summed E-state index contributed by atoms with van der Waals surface area (Å²) in [6.45, 7) is 0.913. The Hall–Kier alpha value is -2.16. The predicted octanol–water partition coefficient (Wildman–Crippen LogP) is 1.77. The first-order valence-electron chi connectivity index (χ1n) is 6.64. The van der Waals surface area contributed by atoms with E-state index in [1.165, 1.54) is 11.3 Å². The van der Waals surface area contributed by atoms with Gasteiger partial charge in [0.1, 0.15) is 4.88 Å². The molecule has 2 rings (SSSR count). The number of likely N-dealkylation sites (N-methyl/N-ethyl adjacent to an activating group) is 1. The normalized spacial score (nSPS) is 9.81. The molecule has 108 valence electrons. The Bertz CT molecular complexity index is 655. The first-order chi connectivity index (χ1) is 10.2. The number of nitrogens with zero attached hydrogens (tertiary/aromatic N) is 2. The highest BCUT2D eigenvalue weighted by Crippen LogP contribution is 2.17. The van der Waals surface area contributed by atoms with Crippen molar-refractivity contribution in [2.75, 3.05) is 20.1 Å². The van der Waals surface area contributed by atoms with E-state index in [1.807, 2.05) is 29.6 Å². The number of amides is 1. The molecule has 0 atom stereocenters. The van der Waals surface area contributed by atoms with Crippen LogP contribution in [0.4, 0.5) is 0 Å². The van der Waals surface area contributed by atoms with Gasteiger partial charge in [0.2, 0.25) is 0 Å². The van der Waals surface area contributed by atoms with E-state index in [9.17, 15) is 4.79 Å². The average molecular weight is 299 g/mol. The maximum atomic E-state index is 12.4. The number of hydrogen-bond acceptors (Lipinski definition) is 4. The molecule has 2 aromatic heterocycles. The molecule has 0 aliphatic heterocycles. The van der Waals surface area contributed by atoms with E-state index >= 15 is 0 Å². The lowest BCUT2D eigenvalue weighted by atomic mass is 10.2. The molecule has 2 heterocycles. The quantitative estimate of drug-likeness (QED) is 0.875. The van der Waals surface area contributed by atoms with Crippen LogP contribution in [0.5, 0.6) is 0 Å². The van der Waals surface area contributed by atoms with Crippen molar-refractivity contribution in [3.8, 4) is 11.8 Å². The van der Waals surface area contributed by atoms with Crippen LogP contribution in [-0.2, 0) is 6.42 Å². The summed E-state index contributed by atoms with van der Waals surface area (Å²) in [7, 11) is 1.80. The van der Waals surface area contributed by atoms with Gasteiger partial charge >= 0.3 is 0 Å². The van der Waals surface area contributed by atoms with Crippen LogP contribution < -0.4 is 5.73 Å². The van der Waals surface area contributed by atoms with Crippen LogP contribution >= 0.6 is 11.3 Å². The molecule has 0 aliphatic carbocycles. The summed E-state index contributed by atoms with van der Waals surface area (Å²) < 4.78 is 0. The van der Waals surface area contributed by atoms with Gasteiger partial charge in [0.15, 0.2) is 0 Å². The van der Waals surface area contributed by atoms with Gasteiger partial charge in [-0.05, 0) is 23.6 Å². The zero-order valence-corrected chi connectivity index (χ0v) is 12.7. The molecule has 0 unspecified atom stereocenters. The first-order valence-corrected chi connectivity index (χ1v) is 7.52. The largest absolute Gasteiger partial charge is 0.341 e. The average Bonchev–Trinajstić information content (AvgIpc) is 2.99. The van der Waals surface area contributed by atoms with Crippen LogP contribution in [0.2, 0.25) is 0 Å². The second kappa shape index (κ2) is 7.58. The molecule has 1 amide bonds. The minimum atomic E-state index is -0.0118. The molecule has 0 spiro atoms. The number of rotatable bonds is 4. The lowest BCUT2D eigenvalue weighted by molar-refractivity contribution is 0.0801. The zero-order valence-electron chi connectivity index (χ0n) is 11.9. The topological polar surface area (TPSA) is 59.2 Å². The third-order valence-corrected chi connectivity index (χ3v) is 3.86. The molecule has 0 aromatic carbocycles. The Balaban J connectivity index is 2.01. The minimum absolute atomic E-state index is 0.0118. The zero-order chi connectivity index (χ0) is 15.1. The van der Waals surface area contributed by atoms with Gasteiger partial charge in [-0.25, -0.2) is 0 Å². The smallest absolute Gasteiger partial charge is 0.264 e. The number of hydrogen-bond donors (Lipinski definition) is 1. The highest BCUT2D eigenvalue weighted by atomic mass is 32.1. The predicted molar refractivity (Wildman–Crippen MR) is 85.2 cm³/mol. The second-order valence-corrected chi connectivity index (χ2v) is 5.38. The van der Waals surface area contributed by atoms with E-state index in [2.05, 4.69) is 16.8 Å². The van der Waals surface area contributed by atoms with Crippen molar-refractivity contribution in [1.82, 2.24) is 9.88 Å². The van der Waals surface area contributed by atoms with Crippen LogP contribution in [0, 0.1) is 11.8 Å². The third-order valence-electron chi connectivity index (χ3n) is 2.96. The molecular formula is C16H17N3OS. The summed E-state index contributed by atoms with van der Waals surface area (Å²) in [6, 6.07) is 7.64. The molecule has 5 heteroatoms. The van der Waals surface area contributed by atoms with Gasteiger partial charge in [0.25, 0.3) is 5.91 Å². The summed E-state index contributed by atoms with van der Waals surface area (Å²) in [5.41, 5.74) is 7.10. The summed E-state index contributed by atoms with van der Waals surface area (Å²) >= 11 is 1.41. The van der Waals surface area contributed by atoms with Crippen LogP contribution in [0.3, 0.4) is 0 Å². The second-order valence-electron chi connectivity index (χ2n) is 4.47. The number of pyridine rings is 1. The number of carbonyl (C=O) groups excluding carboxylic acids is 1. The molecule has 0 saturated heterocycles. The van der Waals surface area contributed by atoms with Crippen molar-refractivity contribution >= 4 is 17.2 Å². The van der Waals surface area contributed by atoms with Gasteiger partial charge in [0.05, 0.1) is 6.54 Å². The van der Waals surface area contributed by atoms with Crippen molar-refractivity contribution in [1.29, 1.82) is 0 Å². The molecule has 2 aromatic rings. The fourth-order valence-electron chi connectivity index (χ4n) is 1.82. The van der Waals surface area contributed by atoms with Crippen molar-refractivity contribution < 1.29 is 4.79 Å². The Morgan fingerprint density at radius 3 is 3.00 bits per heavy atom. The molecule has 0 bridgehead atoms. The van der Waals surface area contributed by atoms with E-state index in [0.717, 1.165) is 17.7 Å². The Morgan fingerprint density at radius 1 is 1.43 bits per heavy atom. The lowest BCUT2D eigenvalue weighted by Crippen LogP contribution is -2.28. The molecule has 2 N–H and O–H groups in total. The molecule has 0 aliphatic rings. The molecule has 0 radical (unpaired) electrons. The van der Waals surface area contributed by atoms with Crippen LogP contribution in [0.1, 0.15) is 20.9 Å². The summed E-state index contributed by atoms with van der Waals surface area (Å²) in [5, 5.41) is 1.88. The van der Waals surface area contributed by atoms with Crippen LogP contribution in [-0.4, -0.2) is 35.9 Å². The first kappa shape index (κ1) is 15.2. The van der Waals surface area contributed by atoms with E-state index in [-0.39, 0.29) is 5.91 Å². The fourth-order valence-corrected chi connectivity index (χ4v) is 2.67. The Morgan fingerprint density at radius 2 is 2.29 bits per heavy atom. The van der Waals surface area contributed by atoms with Gasteiger partial charge in [-0.15, -0.1) is 11.3 Å². The fraction of sp³-hybridized carbons (Fsp3) is 0.250. The van der Waals surface area contributed by atoms with Gasteiger partial charge in [-0.3, -0.25) is 9.78 Å². The van der Waals surface area contributed by atoms with Crippen molar-refractivity contribution in [3.05, 3.63) is 52.0 Å². The van der Waals surface area contributed by atoms with Gasteiger partial charge in [-0.2, -0.15) is 0 Å². The Labute approximate surface area is 128 Å². The minimum Gasteiger partial charge on any atom is -0.341 e. The van der Waals surface area contributed by atoms with Crippen molar-refractivity contribution in [2.24, 2.45) is 5.73 Å². The van der Waals surface area contributed by atoms with Crippen molar-refractivity contribution in [3.63, 3.8) is 0 Å². The number of aromatic nitrogens is 1. The van der Waals surface area contributed by atoms with Gasteiger partial charge in [-0.1, -0.05) is 17.9 Å². The van der Waals surface area contributed by atoms with Crippen LogP contribution in [0.15, 0.2) is 35.8 Å². The molecule has 0 saturated carbocycles. The van der Waals surface area contributed by atoms with E-state index in [1.54, 1.807) is 18.1 Å². The summed E-state index contributed by atoms with van der Waals surface area (Å²) in [6.07, 6.45) is 2.50. The summed E-state index contributed by atoms with van der Waals surface area (Å²) in [4.78, 5) is 19.1. The number of carbonyl (C=O) groups is 1. The highest BCUT2D eigenvalue weighted by Gasteiger charge is 2.16. The SMILES string of the molecule is CN(CCc1ccccn1)C(=O)c1sccc1C#CCN. The monoisotopic (exact) mass is 299 g/mol. The van der Waals surface area contributed by atoms with Gasteiger partial charge in [0, 0.05) is 37.5 Å². The van der Waals surface area contributed by atoms with Crippen molar-refractivity contribution in [2.45, 2.75) is 6.42 Å². The summed E-state index contributed by atoms with van der Waals surface area (Å²) in [5.74, 6) is 5.71. The lowest BCUT2D eigenvalue weighted by Gasteiger charge is -2.16. The van der Waals surface area contributed by atoms with E-state index in [4.69, 9.17) is 5.73 Å². The molecule has 0 fully saturated rings. The van der Waals surface area contributed by atoms with Gasteiger partial charge < -0.3 is 10.6 Å². The molecule has 4 nitrogen and oxygen atoms in total. The van der Waals surface area contributed by atoms with E-state index in [0.29, 0.717) is 18.0 Å². The third kappa shape index (κ3) is 4.15. The maximum absolute atomic E-state index is 12.4. The van der Waals surface area contributed by atoms with E-state index < -0.39 is 0 Å². The standard InChI is InChI=1S/C16H17N3OS/c1-19(11-7-14-6-2-3-10-18-14)16(20)15-13(5-4-9-17)8-12-21-15/h2-3,6,8,10,12H,7,9,11,17H2,1H3. The Kier molecular flexibility index (Phi) is 5.50. The molecule has 21 heavy (non-hydrogen) atoms. The van der Waals surface area contributed by atoms with Crippen LogP contribution in [0.25, 0.3) is 0 Å². The maximum Gasteiger partial charge on any atom is 0.264 e.